The lowest BCUT2D eigenvalue weighted by molar-refractivity contribution is 0.0966. The molecule has 0 aliphatic heterocycles. The van der Waals surface area contributed by atoms with Crippen LogP contribution in [0.3, 0.4) is 0 Å². The van der Waals surface area contributed by atoms with E-state index in [0.29, 0.717) is 17.1 Å². The van der Waals surface area contributed by atoms with Crippen LogP contribution in [0.25, 0.3) is 11.5 Å². The normalized spacial score (nSPS) is 10.6. The molecule has 110 valence electrons. The highest BCUT2D eigenvalue weighted by molar-refractivity contribution is 5.95. The van der Waals surface area contributed by atoms with Crippen molar-refractivity contribution in [3.8, 4) is 11.5 Å². The molecule has 0 amide bonds. The summed E-state index contributed by atoms with van der Waals surface area (Å²) in [4.78, 5) is 28.6. The summed E-state index contributed by atoms with van der Waals surface area (Å²) in [6.07, 6.45) is 1.63. The summed E-state index contributed by atoms with van der Waals surface area (Å²) in [7, 11) is 1.61. The number of hydrogen-bond donors (Lipinski definition) is 0. The molecule has 0 unspecified atom stereocenters. The van der Waals surface area contributed by atoms with Crippen LogP contribution in [-0.4, -0.2) is 25.1 Å². The minimum Gasteiger partial charge on any atom is -0.292 e. The predicted octanol–water partition coefficient (Wildman–Crippen LogP) is 1.53. The van der Waals surface area contributed by atoms with Crippen LogP contribution in [0.5, 0.6) is 0 Å². The first-order chi connectivity index (χ1) is 10.7. The Labute approximate surface area is 126 Å². The molecule has 0 aliphatic carbocycles. The summed E-state index contributed by atoms with van der Waals surface area (Å²) in [6.45, 7) is -0.0937. The molecular weight excluding hydrogens is 280 g/mol. The number of hydrogen-bond acceptors (Lipinski definition) is 4. The smallest absolute Gasteiger partial charge is 0.292 e. The van der Waals surface area contributed by atoms with E-state index in [2.05, 4.69) is 10.1 Å². The maximum absolute atomic E-state index is 12.2. The summed E-state index contributed by atoms with van der Waals surface area (Å²) in [5.74, 6) is 0.278. The van der Waals surface area contributed by atoms with Crippen molar-refractivity contribution in [2.45, 2.75) is 6.54 Å². The van der Waals surface area contributed by atoms with E-state index in [4.69, 9.17) is 0 Å². The number of aromatic nitrogens is 4. The summed E-state index contributed by atoms with van der Waals surface area (Å²) in [6, 6.07) is 14.2. The predicted molar refractivity (Wildman–Crippen MR) is 81.5 cm³/mol. The molecule has 0 aliphatic rings. The van der Waals surface area contributed by atoms with Crippen molar-refractivity contribution in [3.05, 3.63) is 70.8 Å². The Kier molecular flexibility index (Phi) is 3.65. The van der Waals surface area contributed by atoms with E-state index < -0.39 is 0 Å². The zero-order chi connectivity index (χ0) is 15.5. The van der Waals surface area contributed by atoms with E-state index in [1.165, 1.54) is 9.25 Å². The van der Waals surface area contributed by atoms with E-state index in [1.807, 2.05) is 12.1 Å². The fourth-order valence-electron chi connectivity index (χ4n) is 2.16. The molecule has 3 rings (SSSR count). The summed E-state index contributed by atoms with van der Waals surface area (Å²) < 4.78 is 2.56. The van der Waals surface area contributed by atoms with E-state index in [0.717, 1.165) is 0 Å². The van der Waals surface area contributed by atoms with Crippen LogP contribution in [0.15, 0.2) is 59.5 Å². The highest BCUT2D eigenvalue weighted by atomic mass is 16.2. The molecule has 3 aromatic rings. The molecule has 22 heavy (non-hydrogen) atoms. The summed E-state index contributed by atoms with van der Waals surface area (Å²) in [5, 5.41) is 4.23. The average molecular weight is 294 g/mol. The van der Waals surface area contributed by atoms with E-state index >= 15 is 0 Å². The monoisotopic (exact) mass is 294 g/mol. The Morgan fingerprint density at radius 1 is 1.09 bits per heavy atom. The Morgan fingerprint density at radius 2 is 1.82 bits per heavy atom. The van der Waals surface area contributed by atoms with Gasteiger partial charge in [-0.05, 0) is 12.1 Å². The van der Waals surface area contributed by atoms with Gasteiger partial charge >= 0.3 is 5.69 Å². The first kappa shape index (κ1) is 13.9. The highest BCUT2D eigenvalue weighted by Crippen LogP contribution is 2.10. The van der Waals surface area contributed by atoms with E-state index in [-0.39, 0.29) is 18.0 Å². The van der Waals surface area contributed by atoms with Crippen LogP contribution in [0.4, 0.5) is 0 Å². The van der Waals surface area contributed by atoms with Crippen LogP contribution < -0.4 is 5.69 Å². The third kappa shape index (κ3) is 2.58. The number of carbonyl (C=O) groups excluding carboxylic acids is 1. The molecular formula is C16H14N4O2. The van der Waals surface area contributed by atoms with Crippen molar-refractivity contribution in [1.29, 1.82) is 0 Å². The second kappa shape index (κ2) is 5.77. The van der Waals surface area contributed by atoms with Gasteiger partial charge in [-0.2, -0.15) is 0 Å². The molecule has 0 saturated carbocycles. The third-order valence-corrected chi connectivity index (χ3v) is 3.32. The van der Waals surface area contributed by atoms with E-state index in [1.54, 1.807) is 49.6 Å². The first-order valence-corrected chi connectivity index (χ1v) is 6.80. The highest BCUT2D eigenvalue weighted by Gasteiger charge is 2.15. The molecule has 0 saturated heterocycles. The standard InChI is InChI=1S/C16H14N4O2/c1-19-15(13-9-5-6-10-17-13)18-20(16(19)22)11-14(21)12-7-3-2-4-8-12/h2-10H,11H2,1H3. The minimum atomic E-state index is -0.343. The first-order valence-electron chi connectivity index (χ1n) is 6.80. The van der Waals surface area contributed by atoms with Crippen LogP contribution in [0.1, 0.15) is 10.4 Å². The number of pyridine rings is 1. The zero-order valence-corrected chi connectivity index (χ0v) is 12.0. The topological polar surface area (TPSA) is 69.8 Å². The van der Waals surface area contributed by atoms with Crippen LogP contribution in [-0.2, 0) is 13.6 Å². The Morgan fingerprint density at radius 3 is 2.50 bits per heavy atom. The van der Waals surface area contributed by atoms with Gasteiger partial charge in [0.05, 0.1) is 0 Å². The van der Waals surface area contributed by atoms with Crippen LogP contribution in [0.2, 0.25) is 0 Å². The lowest BCUT2D eigenvalue weighted by Gasteiger charge is -1.99. The maximum Gasteiger partial charge on any atom is 0.346 e. The number of nitrogens with zero attached hydrogens (tertiary/aromatic N) is 4. The molecule has 0 atom stereocenters. The fraction of sp³-hybridized carbons (Fsp3) is 0.125. The van der Waals surface area contributed by atoms with Crippen molar-refractivity contribution in [2.75, 3.05) is 0 Å². The van der Waals surface area contributed by atoms with Gasteiger partial charge in [-0.25, -0.2) is 9.48 Å². The van der Waals surface area contributed by atoms with Gasteiger partial charge < -0.3 is 0 Å². The van der Waals surface area contributed by atoms with Crippen molar-refractivity contribution >= 4 is 5.78 Å². The van der Waals surface area contributed by atoms with Gasteiger partial charge in [0, 0.05) is 18.8 Å². The molecule has 2 heterocycles. The van der Waals surface area contributed by atoms with Crippen molar-refractivity contribution in [3.63, 3.8) is 0 Å². The average Bonchev–Trinajstić information content (AvgIpc) is 2.85. The van der Waals surface area contributed by atoms with Gasteiger partial charge in [-0.15, -0.1) is 5.10 Å². The number of rotatable bonds is 4. The molecule has 0 fully saturated rings. The van der Waals surface area contributed by atoms with Gasteiger partial charge in [0.1, 0.15) is 12.2 Å². The number of Topliss-reactive ketones (excluding diaryl/α,β-unsaturated/α-hetero) is 1. The third-order valence-electron chi connectivity index (χ3n) is 3.32. The SMILES string of the molecule is Cn1c(-c2ccccn2)nn(CC(=O)c2ccccc2)c1=O. The fourth-order valence-corrected chi connectivity index (χ4v) is 2.16. The van der Waals surface area contributed by atoms with Gasteiger partial charge in [0.25, 0.3) is 0 Å². The van der Waals surface area contributed by atoms with Gasteiger partial charge in [0.15, 0.2) is 11.6 Å². The number of ketones is 1. The molecule has 2 aromatic heterocycles. The molecule has 6 heteroatoms. The molecule has 0 bridgehead atoms. The molecule has 0 N–H and O–H groups in total. The summed E-state index contributed by atoms with van der Waals surface area (Å²) >= 11 is 0. The van der Waals surface area contributed by atoms with Gasteiger partial charge in [0.2, 0.25) is 0 Å². The largest absolute Gasteiger partial charge is 0.346 e. The van der Waals surface area contributed by atoms with E-state index in [9.17, 15) is 9.59 Å². The van der Waals surface area contributed by atoms with Crippen molar-refractivity contribution < 1.29 is 4.79 Å². The molecule has 0 spiro atoms. The lowest BCUT2D eigenvalue weighted by Crippen LogP contribution is -2.26. The quantitative estimate of drug-likeness (QED) is 0.684. The number of carbonyl (C=O) groups is 1. The second-order valence-corrected chi connectivity index (χ2v) is 4.83. The summed E-state index contributed by atoms with van der Waals surface area (Å²) in [5.41, 5.74) is 0.803. The molecule has 6 nitrogen and oxygen atoms in total. The Balaban J connectivity index is 1.93. The lowest BCUT2D eigenvalue weighted by atomic mass is 10.1. The van der Waals surface area contributed by atoms with Crippen molar-refractivity contribution in [2.24, 2.45) is 7.05 Å². The van der Waals surface area contributed by atoms with Gasteiger partial charge in [-0.1, -0.05) is 36.4 Å². The molecule has 1 aromatic carbocycles. The number of benzene rings is 1. The van der Waals surface area contributed by atoms with Crippen LogP contribution in [0, 0.1) is 0 Å². The molecule has 0 radical (unpaired) electrons. The van der Waals surface area contributed by atoms with Crippen LogP contribution >= 0.6 is 0 Å². The Bertz CT molecular complexity index is 851. The minimum absolute atomic E-state index is 0.0937. The maximum atomic E-state index is 12.2. The second-order valence-electron chi connectivity index (χ2n) is 4.83. The zero-order valence-electron chi connectivity index (χ0n) is 12.0. The Hall–Kier alpha value is -3.02. The van der Waals surface area contributed by atoms with Gasteiger partial charge in [-0.3, -0.25) is 14.3 Å². The van der Waals surface area contributed by atoms with Crippen molar-refractivity contribution in [1.82, 2.24) is 19.3 Å².